The monoisotopic (exact) mass is 335 g/mol. The van der Waals surface area contributed by atoms with Crippen LogP contribution < -0.4 is 10.2 Å². The first-order valence-corrected chi connectivity index (χ1v) is 9.05. The van der Waals surface area contributed by atoms with Gasteiger partial charge in [0, 0.05) is 30.1 Å². The van der Waals surface area contributed by atoms with Gasteiger partial charge in [0.2, 0.25) is 0 Å². The first-order valence-electron chi connectivity index (χ1n) is 8.17. The Morgan fingerprint density at radius 1 is 1.30 bits per heavy atom. The average molecular weight is 335 g/mol. The van der Waals surface area contributed by atoms with Gasteiger partial charge in [0.1, 0.15) is 5.82 Å². The Hall–Kier alpha value is -1.60. The van der Waals surface area contributed by atoms with Gasteiger partial charge in [0.05, 0.1) is 24.5 Å². The second kappa shape index (κ2) is 6.88. The number of nitrogens with zero attached hydrogens (tertiary/aromatic N) is 4. The molecule has 0 aromatic carbocycles. The second-order valence-electron chi connectivity index (χ2n) is 6.18. The molecule has 0 radical (unpaired) electrons. The number of piperidine rings is 1. The molecule has 1 fully saturated rings. The zero-order chi connectivity index (χ0) is 16.4. The van der Waals surface area contributed by atoms with Gasteiger partial charge in [-0.3, -0.25) is 0 Å². The third kappa shape index (κ3) is 3.50. The zero-order valence-corrected chi connectivity index (χ0v) is 14.9. The Balaban J connectivity index is 1.63. The van der Waals surface area contributed by atoms with Gasteiger partial charge in [-0.2, -0.15) is 5.10 Å². The van der Waals surface area contributed by atoms with Crippen molar-refractivity contribution >= 4 is 22.3 Å². The van der Waals surface area contributed by atoms with Crippen molar-refractivity contribution < 1.29 is 5.11 Å². The smallest absolute Gasteiger partial charge is 0.185 e. The van der Waals surface area contributed by atoms with Crippen molar-refractivity contribution in [3.63, 3.8) is 0 Å². The van der Waals surface area contributed by atoms with E-state index < -0.39 is 0 Å². The minimum absolute atomic E-state index is 0.108. The van der Waals surface area contributed by atoms with Gasteiger partial charge < -0.3 is 15.3 Å². The van der Waals surface area contributed by atoms with Crippen LogP contribution in [0.5, 0.6) is 0 Å². The molecule has 1 aliphatic rings. The molecule has 0 aliphatic carbocycles. The molecular formula is C16H25N5OS. The quantitative estimate of drug-likeness (QED) is 0.878. The summed E-state index contributed by atoms with van der Waals surface area (Å²) in [5.74, 6) is 1.06. The summed E-state index contributed by atoms with van der Waals surface area (Å²) < 4.78 is 1.89. The third-order valence-corrected chi connectivity index (χ3v) is 5.47. The Morgan fingerprint density at radius 2 is 2.04 bits per heavy atom. The van der Waals surface area contributed by atoms with Gasteiger partial charge in [-0.25, -0.2) is 9.67 Å². The second-order valence-corrected chi connectivity index (χ2v) is 7.02. The van der Waals surface area contributed by atoms with E-state index in [0.29, 0.717) is 12.6 Å². The minimum atomic E-state index is 0.108. The highest BCUT2D eigenvalue weighted by Crippen LogP contribution is 2.26. The summed E-state index contributed by atoms with van der Waals surface area (Å²) >= 11 is 1.73. The van der Waals surface area contributed by atoms with Gasteiger partial charge in [-0.05, 0) is 33.6 Å². The molecule has 1 aliphatic heterocycles. The summed E-state index contributed by atoms with van der Waals surface area (Å²) in [4.78, 5) is 6.96. The van der Waals surface area contributed by atoms with Crippen molar-refractivity contribution in [2.75, 3.05) is 29.9 Å². The predicted molar refractivity (Wildman–Crippen MR) is 94.5 cm³/mol. The van der Waals surface area contributed by atoms with Crippen molar-refractivity contribution in [3.8, 4) is 0 Å². The van der Waals surface area contributed by atoms with Crippen LogP contribution in [0.4, 0.5) is 10.9 Å². The molecule has 23 heavy (non-hydrogen) atoms. The highest BCUT2D eigenvalue weighted by Gasteiger charge is 2.23. The molecule has 126 valence electrons. The number of hydrogen-bond donors (Lipinski definition) is 2. The van der Waals surface area contributed by atoms with E-state index in [9.17, 15) is 5.11 Å². The maximum atomic E-state index is 9.21. The van der Waals surface area contributed by atoms with Crippen LogP contribution in [0, 0.1) is 20.8 Å². The number of anilines is 2. The van der Waals surface area contributed by atoms with Crippen LogP contribution in [-0.2, 0) is 6.54 Å². The summed E-state index contributed by atoms with van der Waals surface area (Å²) in [6.45, 7) is 8.84. The standard InChI is InChI=1S/C16H25N5OS/c1-11-10-23-16(17-11)20-6-4-14(5-7-20)18-15-12(2)13(3)19-21(15)8-9-22/h10,14,18,22H,4-9H2,1-3H3. The van der Waals surface area contributed by atoms with Crippen molar-refractivity contribution in [2.24, 2.45) is 0 Å². The molecule has 2 N–H and O–H groups in total. The van der Waals surface area contributed by atoms with Crippen LogP contribution in [-0.4, -0.2) is 45.6 Å². The Morgan fingerprint density at radius 3 is 2.65 bits per heavy atom. The number of aryl methyl sites for hydroxylation is 2. The highest BCUT2D eigenvalue weighted by atomic mass is 32.1. The van der Waals surface area contributed by atoms with Crippen molar-refractivity contribution in [3.05, 3.63) is 22.3 Å². The van der Waals surface area contributed by atoms with Crippen molar-refractivity contribution in [2.45, 2.75) is 46.2 Å². The lowest BCUT2D eigenvalue weighted by Gasteiger charge is -2.32. The summed E-state index contributed by atoms with van der Waals surface area (Å²) in [6.07, 6.45) is 2.17. The van der Waals surface area contributed by atoms with E-state index in [2.05, 4.69) is 32.6 Å². The fourth-order valence-electron chi connectivity index (χ4n) is 3.01. The number of aromatic nitrogens is 3. The number of nitrogens with one attached hydrogen (secondary N) is 1. The summed E-state index contributed by atoms with van der Waals surface area (Å²) in [5, 5.41) is 20.6. The van der Waals surface area contributed by atoms with Crippen LogP contribution in [0.3, 0.4) is 0 Å². The Bertz CT molecular complexity index is 657. The van der Waals surface area contributed by atoms with E-state index in [0.717, 1.165) is 48.3 Å². The molecule has 0 spiro atoms. The lowest BCUT2D eigenvalue weighted by atomic mass is 10.1. The van der Waals surface area contributed by atoms with E-state index in [1.54, 1.807) is 11.3 Å². The first-order chi connectivity index (χ1) is 11.1. The molecular weight excluding hydrogens is 310 g/mol. The van der Waals surface area contributed by atoms with Gasteiger partial charge in [-0.1, -0.05) is 0 Å². The molecule has 7 heteroatoms. The molecule has 1 saturated heterocycles. The molecule has 6 nitrogen and oxygen atoms in total. The molecule has 0 atom stereocenters. The van der Waals surface area contributed by atoms with Crippen molar-refractivity contribution in [1.29, 1.82) is 0 Å². The maximum Gasteiger partial charge on any atom is 0.185 e. The minimum Gasteiger partial charge on any atom is -0.394 e. The number of thiazole rings is 1. The van der Waals surface area contributed by atoms with Gasteiger partial charge in [-0.15, -0.1) is 11.3 Å². The fraction of sp³-hybridized carbons (Fsp3) is 0.625. The number of aliphatic hydroxyl groups is 1. The van der Waals surface area contributed by atoms with Crippen LogP contribution in [0.1, 0.15) is 29.8 Å². The summed E-state index contributed by atoms with van der Waals surface area (Å²) in [5.41, 5.74) is 3.30. The fourth-order valence-corrected chi connectivity index (χ4v) is 3.86. The average Bonchev–Trinajstić information content (AvgIpc) is 3.08. The van der Waals surface area contributed by atoms with E-state index in [1.807, 2.05) is 18.5 Å². The SMILES string of the molecule is Cc1csc(N2CCC(Nc3c(C)c(C)nn3CCO)CC2)n1. The molecule has 0 saturated carbocycles. The van der Waals surface area contributed by atoms with E-state index in [4.69, 9.17) is 0 Å². The summed E-state index contributed by atoms with van der Waals surface area (Å²) in [6, 6.07) is 0.444. The van der Waals surface area contributed by atoms with Gasteiger partial charge >= 0.3 is 0 Å². The molecule has 2 aromatic rings. The van der Waals surface area contributed by atoms with Crippen LogP contribution in [0.25, 0.3) is 0 Å². The van der Waals surface area contributed by atoms with Crippen molar-refractivity contribution in [1.82, 2.24) is 14.8 Å². The lowest BCUT2D eigenvalue weighted by molar-refractivity contribution is 0.270. The molecule has 3 heterocycles. The zero-order valence-electron chi connectivity index (χ0n) is 14.0. The van der Waals surface area contributed by atoms with Gasteiger partial charge in [0.15, 0.2) is 5.13 Å². The molecule has 0 amide bonds. The number of hydrogen-bond acceptors (Lipinski definition) is 6. The maximum absolute atomic E-state index is 9.21. The van der Waals surface area contributed by atoms with Crippen LogP contribution in [0.2, 0.25) is 0 Å². The number of aliphatic hydroxyl groups excluding tert-OH is 1. The largest absolute Gasteiger partial charge is 0.394 e. The molecule has 0 bridgehead atoms. The van der Waals surface area contributed by atoms with Crippen LogP contribution >= 0.6 is 11.3 Å². The first kappa shape index (κ1) is 16.3. The number of rotatable bonds is 5. The lowest BCUT2D eigenvalue weighted by Crippen LogP contribution is -2.39. The Kier molecular flexibility index (Phi) is 4.87. The van der Waals surface area contributed by atoms with Crippen LogP contribution in [0.15, 0.2) is 5.38 Å². The molecule has 2 aromatic heterocycles. The highest BCUT2D eigenvalue weighted by molar-refractivity contribution is 7.13. The third-order valence-electron chi connectivity index (χ3n) is 4.45. The normalized spacial score (nSPS) is 16.1. The summed E-state index contributed by atoms with van der Waals surface area (Å²) in [7, 11) is 0. The predicted octanol–water partition coefficient (Wildman–Crippen LogP) is 2.34. The topological polar surface area (TPSA) is 66.2 Å². The van der Waals surface area contributed by atoms with Gasteiger partial charge in [0.25, 0.3) is 0 Å². The van der Waals surface area contributed by atoms with E-state index in [-0.39, 0.29) is 6.61 Å². The molecule has 3 rings (SSSR count). The van der Waals surface area contributed by atoms with E-state index >= 15 is 0 Å². The van der Waals surface area contributed by atoms with E-state index in [1.165, 1.54) is 5.56 Å². The Labute approximate surface area is 141 Å². The molecule has 0 unspecified atom stereocenters.